The predicted molar refractivity (Wildman–Crippen MR) is 69.9 cm³/mol. The number of nitrogens with zero attached hydrogens (tertiary/aromatic N) is 2. The zero-order valence-corrected chi connectivity index (χ0v) is 10.1. The SMILES string of the molecule is Cc1c(-c2ccccc2)ccc([N+](=O)[O-])c1[N+](=O)[O-]. The highest BCUT2D eigenvalue weighted by molar-refractivity contribution is 5.75. The number of nitro benzene ring substituents is 2. The molecule has 0 N–H and O–H groups in total. The van der Waals surface area contributed by atoms with Crippen molar-refractivity contribution in [2.24, 2.45) is 0 Å². The highest BCUT2D eigenvalue weighted by Gasteiger charge is 2.28. The topological polar surface area (TPSA) is 86.3 Å². The molecule has 0 amide bonds. The molecule has 0 atom stereocenters. The Kier molecular flexibility index (Phi) is 3.24. The largest absolute Gasteiger partial charge is 0.349 e. The third-order valence-electron chi connectivity index (χ3n) is 2.87. The van der Waals surface area contributed by atoms with Crippen LogP contribution in [0.2, 0.25) is 0 Å². The Bertz CT molecular complexity index is 653. The van der Waals surface area contributed by atoms with Crippen LogP contribution < -0.4 is 0 Å². The fourth-order valence-electron chi connectivity index (χ4n) is 1.99. The molecule has 0 aliphatic rings. The van der Waals surface area contributed by atoms with Crippen LogP contribution >= 0.6 is 0 Å². The highest BCUT2D eigenvalue weighted by Crippen LogP contribution is 2.36. The van der Waals surface area contributed by atoms with E-state index in [4.69, 9.17) is 0 Å². The summed E-state index contributed by atoms with van der Waals surface area (Å²) in [5.74, 6) is 0. The lowest BCUT2D eigenvalue weighted by atomic mass is 9.98. The zero-order chi connectivity index (χ0) is 14.0. The van der Waals surface area contributed by atoms with Crippen LogP contribution in [-0.4, -0.2) is 9.85 Å². The molecule has 96 valence electrons. The van der Waals surface area contributed by atoms with E-state index in [0.29, 0.717) is 11.1 Å². The molecule has 0 saturated carbocycles. The van der Waals surface area contributed by atoms with E-state index in [1.807, 2.05) is 18.2 Å². The third kappa shape index (κ3) is 2.28. The fourth-order valence-corrected chi connectivity index (χ4v) is 1.99. The molecule has 0 spiro atoms. The Morgan fingerprint density at radius 1 is 0.895 bits per heavy atom. The summed E-state index contributed by atoms with van der Waals surface area (Å²) < 4.78 is 0. The van der Waals surface area contributed by atoms with Gasteiger partial charge in [-0.15, -0.1) is 0 Å². The first kappa shape index (κ1) is 12.7. The first-order valence-electron chi connectivity index (χ1n) is 5.50. The smallest absolute Gasteiger partial charge is 0.258 e. The van der Waals surface area contributed by atoms with Crippen molar-refractivity contribution in [3.8, 4) is 11.1 Å². The quantitative estimate of drug-likeness (QED) is 0.622. The Morgan fingerprint density at radius 3 is 2.05 bits per heavy atom. The van der Waals surface area contributed by atoms with Crippen molar-refractivity contribution in [1.29, 1.82) is 0 Å². The van der Waals surface area contributed by atoms with Crippen molar-refractivity contribution < 1.29 is 9.85 Å². The molecule has 0 unspecified atom stereocenters. The summed E-state index contributed by atoms with van der Waals surface area (Å²) in [6, 6.07) is 11.8. The van der Waals surface area contributed by atoms with Gasteiger partial charge in [0.15, 0.2) is 0 Å². The van der Waals surface area contributed by atoms with Crippen molar-refractivity contribution in [1.82, 2.24) is 0 Å². The molecule has 0 heterocycles. The molecule has 0 aromatic heterocycles. The number of hydrogen-bond acceptors (Lipinski definition) is 4. The van der Waals surface area contributed by atoms with E-state index in [9.17, 15) is 20.2 Å². The summed E-state index contributed by atoms with van der Waals surface area (Å²) >= 11 is 0. The van der Waals surface area contributed by atoms with E-state index >= 15 is 0 Å². The average molecular weight is 258 g/mol. The van der Waals surface area contributed by atoms with Gasteiger partial charge in [0.05, 0.1) is 9.85 Å². The normalized spacial score (nSPS) is 10.2. The molecule has 19 heavy (non-hydrogen) atoms. The van der Waals surface area contributed by atoms with Gasteiger partial charge in [0.2, 0.25) is 0 Å². The van der Waals surface area contributed by atoms with Gasteiger partial charge in [-0.25, -0.2) is 0 Å². The highest BCUT2D eigenvalue weighted by atomic mass is 16.6. The maximum Gasteiger partial charge on any atom is 0.349 e. The second-order valence-electron chi connectivity index (χ2n) is 3.99. The summed E-state index contributed by atoms with van der Waals surface area (Å²) in [7, 11) is 0. The summed E-state index contributed by atoms with van der Waals surface area (Å²) in [4.78, 5) is 20.4. The lowest BCUT2D eigenvalue weighted by Crippen LogP contribution is -2.00. The number of hydrogen-bond donors (Lipinski definition) is 0. The first-order valence-corrected chi connectivity index (χ1v) is 5.50. The number of nitro groups is 2. The van der Waals surface area contributed by atoms with Crippen molar-refractivity contribution in [2.45, 2.75) is 6.92 Å². The molecule has 0 saturated heterocycles. The Hall–Kier alpha value is -2.76. The van der Waals surface area contributed by atoms with Gasteiger partial charge in [-0.05, 0) is 24.1 Å². The second-order valence-corrected chi connectivity index (χ2v) is 3.99. The average Bonchev–Trinajstić information content (AvgIpc) is 2.38. The molecule has 0 radical (unpaired) electrons. The molecular weight excluding hydrogens is 248 g/mol. The Labute approximate surface area is 108 Å². The van der Waals surface area contributed by atoms with E-state index in [1.54, 1.807) is 12.1 Å². The van der Waals surface area contributed by atoms with Gasteiger partial charge in [0.25, 0.3) is 0 Å². The van der Waals surface area contributed by atoms with E-state index in [0.717, 1.165) is 5.56 Å². The molecule has 2 aromatic carbocycles. The van der Waals surface area contributed by atoms with Gasteiger partial charge in [0.1, 0.15) is 0 Å². The van der Waals surface area contributed by atoms with Crippen LogP contribution in [-0.2, 0) is 0 Å². The molecule has 6 heteroatoms. The van der Waals surface area contributed by atoms with Crippen LogP contribution in [0.3, 0.4) is 0 Å². The van der Waals surface area contributed by atoms with Crippen molar-refractivity contribution in [3.63, 3.8) is 0 Å². The molecule has 2 aromatic rings. The minimum absolute atomic E-state index is 0.297. The van der Waals surface area contributed by atoms with Crippen molar-refractivity contribution in [3.05, 3.63) is 68.3 Å². The molecule has 6 nitrogen and oxygen atoms in total. The van der Waals surface area contributed by atoms with E-state index in [-0.39, 0.29) is 0 Å². The van der Waals surface area contributed by atoms with Gasteiger partial charge in [0, 0.05) is 11.6 Å². The zero-order valence-electron chi connectivity index (χ0n) is 10.1. The lowest BCUT2D eigenvalue weighted by molar-refractivity contribution is -0.422. The number of rotatable bonds is 3. The molecule has 0 bridgehead atoms. The van der Waals surface area contributed by atoms with Crippen LogP contribution in [0.5, 0.6) is 0 Å². The maximum atomic E-state index is 11.0. The fraction of sp³-hybridized carbons (Fsp3) is 0.0769. The maximum absolute atomic E-state index is 11.0. The Morgan fingerprint density at radius 2 is 1.53 bits per heavy atom. The summed E-state index contributed by atoms with van der Waals surface area (Å²) in [5, 5.41) is 21.9. The van der Waals surface area contributed by atoms with Crippen LogP contribution in [0, 0.1) is 27.2 Å². The van der Waals surface area contributed by atoms with Gasteiger partial charge in [-0.3, -0.25) is 20.2 Å². The number of benzene rings is 2. The third-order valence-corrected chi connectivity index (χ3v) is 2.87. The van der Waals surface area contributed by atoms with E-state index in [2.05, 4.69) is 0 Å². The van der Waals surface area contributed by atoms with Crippen LogP contribution in [0.25, 0.3) is 11.1 Å². The van der Waals surface area contributed by atoms with Gasteiger partial charge >= 0.3 is 11.4 Å². The van der Waals surface area contributed by atoms with Gasteiger partial charge < -0.3 is 0 Å². The van der Waals surface area contributed by atoms with Gasteiger partial charge in [-0.2, -0.15) is 0 Å². The van der Waals surface area contributed by atoms with Crippen LogP contribution in [0.15, 0.2) is 42.5 Å². The van der Waals surface area contributed by atoms with Crippen LogP contribution in [0.4, 0.5) is 11.4 Å². The first-order chi connectivity index (χ1) is 9.02. The molecule has 0 fully saturated rings. The van der Waals surface area contributed by atoms with Crippen LogP contribution in [0.1, 0.15) is 5.56 Å². The molecule has 0 aliphatic carbocycles. The summed E-state index contributed by atoms with van der Waals surface area (Å²) in [6.07, 6.45) is 0. The Balaban J connectivity index is 2.71. The van der Waals surface area contributed by atoms with Crippen molar-refractivity contribution >= 4 is 11.4 Å². The predicted octanol–water partition coefficient (Wildman–Crippen LogP) is 3.48. The summed E-state index contributed by atoms with van der Waals surface area (Å²) in [5.41, 5.74) is 0.773. The standard InChI is InChI=1S/C13H10N2O4/c1-9-11(10-5-3-2-4-6-10)7-8-12(14(16)17)13(9)15(18)19/h2-8H,1H3. The lowest BCUT2D eigenvalue weighted by Gasteiger charge is -2.06. The summed E-state index contributed by atoms with van der Waals surface area (Å²) in [6.45, 7) is 1.52. The monoisotopic (exact) mass is 258 g/mol. The molecular formula is C13H10N2O4. The van der Waals surface area contributed by atoms with E-state index < -0.39 is 21.2 Å². The molecule has 0 aliphatic heterocycles. The van der Waals surface area contributed by atoms with Crippen molar-refractivity contribution in [2.75, 3.05) is 0 Å². The van der Waals surface area contributed by atoms with E-state index in [1.165, 1.54) is 19.1 Å². The second kappa shape index (κ2) is 4.85. The van der Waals surface area contributed by atoms with Gasteiger partial charge in [-0.1, -0.05) is 30.3 Å². The minimum Gasteiger partial charge on any atom is -0.258 e. The minimum atomic E-state index is -0.736. The molecule has 2 rings (SSSR count).